The fraction of sp³-hybridized carbons (Fsp3) is 0.409. The Morgan fingerprint density at radius 1 is 1.07 bits per heavy atom. The molecule has 2 aliphatic heterocycles. The van der Waals surface area contributed by atoms with Crippen molar-refractivity contribution in [1.82, 2.24) is 4.90 Å². The first kappa shape index (κ1) is 18.0. The van der Waals surface area contributed by atoms with E-state index in [-0.39, 0.29) is 11.9 Å². The fourth-order valence-corrected chi connectivity index (χ4v) is 3.97. The van der Waals surface area contributed by atoms with Crippen molar-refractivity contribution < 1.29 is 14.3 Å². The first-order valence-electron chi connectivity index (χ1n) is 9.61. The average molecular weight is 366 g/mol. The minimum Gasteiger partial charge on any atom is -0.464 e. The molecule has 2 heterocycles. The molecular weight excluding hydrogens is 340 g/mol. The van der Waals surface area contributed by atoms with E-state index >= 15 is 0 Å². The van der Waals surface area contributed by atoms with Crippen LogP contribution in [0.15, 0.2) is 48.5 Å². The molecule has 0 N–H and O–H groups in total. The standard InChI is InChI=1S/C22H26N2O3/c1-23-20-8-4-2-6-17(20)16-19(18-7-3-5-9-21(18)23)22(25)27-15-12-24-10-13-26-14-11-24/h2-9,19H,10-16H2,1H3/t19-/m0/s1. The minimum atomic E-state index is -0.281. The van der Waals surface area contributed by atoms with Gasteiger partial charge in [0.1, 0.15) is 6.61 Å². The van der Waals surface area contributed by atoms with Crippen molar-refractivity contribution in [2.24, 2.45) is 0 Å². The number of nitrogens with zero attached hydrogens (tertiary/aromatic N) is 2. The van der Waals surface area contributed by atoms with Crippen LogP contribution >= 0.6 is 0 Å². The third-order valence-electron chi connectivity index (χ3n) is 5.49. The Morgan fingerprint density at radius 3 is 2.59 bits per heavy atom. The Balaban J connectivity index is 1.52. The maximum absolute atomic E-state index is 13.0. The van der Waals surface area contributed by atoms with E-state index < -0.39 is 0 Å². The summed E-state index contributed by atoms with van der Waals surface area (Å²) < 4.78 is 11.1. The van der Waals surface area contributed by atoms with E-state index in [0.29, 0.717) is 13.0 Å². The maximum atomic E-state index is 13.0. The van der Waals surface area contributed by atoms with Gasteiger partial charge >= 0.3 is 5.97 Å². The second-order valence-electron chi connectivity index (χ2n) is 7.12. The van der Waals surface area contributed by atoms with Gasteiger partial charge in [0.25, 0.3) is 0 Å². The summed E-state index contributed by atoms with van der Waals surface area (Å²) >= 11 is 0. The molecule has 0 aliphatic carbocycles. The van der Waals surface area contributed by atoms with Gasteiger partial charge in [0.05, 0.1) is 19.1 Å². The van der Waals surface area contributed by atoms with Crippen LogP contribution in [-0.2, 0) is 20.7 Å². The molecule has 0 bridgehead atoms. The molecule has 0 spiro atoms. The summed E-state index contributed by atoms with van der Waals surface area (Å²) in [5.41, 5.74) is 4.42. The highest BCUT2D eigenvalue weighted by Gasteiger charge is 2.30. The second-order valence-corrected chi connectivity index (χ2v) is 7.12. The zero-order valence-corrected chi connectivity index (χ0v) is 15.8. The highest BCUT2D eigenvalue weighted by atomic mass is 16.5. The number of benzene rings is 2. The molecule has 1 saturated heterocycles. The van der Waals surface area contributed by atoms with Crippen molar-refractivity contribution in [3.63, 3.8) is 0 Å². The highest BCUT2D eigenvalue weighted by Crippen LogP contribution is 2.40. The number of ether oxygens (including phenoxy) is 2. The van der Waals surface area contributed by atoms with Gasteiger partial charge in [0, 0.05) is 38.1 Å². The van der Waals surface area contributed by atoms with E-state index in [1.165, 1.54) is 5.56 Å². The van der Waals surface area contributed by atoms with Gasteiger partial charge in [-0.1, -0.05) is 36.4 Å². The van der Waals surface area contributed by atoms with Crippen molar-refractivity contribution in [1.29, 1.82) is 0 Å². The number of para-hydroxylation sites is 2. The molecule has 0 aromatic heterocycles. The number of hydrogen-bond acceptors (Lipinski definition) is 5. The van der Waals surface area contributed by atoms with Crippen LogP contribution in [0.3, 0.4) is 0 Å². The number of esters is 1. The Hall–Kier alpha value is -2.37. The van der Waals surface area contributed by atoms with Crippen LogP contribution in [-0.4, -0.2) is 57.4 Å². The first-order valence-corrected chi connectivity index (χ1v) is 9.61. The summed E-state index contributed by atoms with van der Waals surface area (Å²) in [6.07, 6.45) is 0.661. The summed E-state index contributed by atoms with van der Waals surface area (Å²) in [6.45, 7) is 4.51. The van der Waals surface area contributed by atoms with Crippen LogP contribution in [0.2, 0.25) is 0 Å². The van der Waals surface area contributed by atoms with Crippen molar-refractivity contribution in [3.05, 3.63) is 59.7 Å². The van der Waals surface area contributed by atoms with E-state index in [2.05, 4.69) is 35.0 Å². The lowest BCUT2D eigenvalue weighted by Crippen LogP contribution is -2.38. The van der Waals surface area contributed by atoms with Crippen LogP contribution in [0, 0.1) is 0 Å². The van der Waals surface area contributed by atoms with E-state index in [1.54, 1.807) is 0 Å². The minimum absolute atomic E-state index is 0.138. The van der Waals surface area contributed by atoms with Crippen LogP contribution < -0.4 is 4.90 Å². The molecule has 1 fully saturated rings. The highest BCUT2D eigenvalue weighted by molar-refractivity contribution is 5.84. The Kier molecular flexibility index (Phi) is 5.41. The van der Waals surface area contributed by atoms with E-state index in [4.69, 9.17) is 9.47 Å². The van der Waals surface area contributed by atoms with Gasteiger partial charge < -0.3 is 14.4 Å². The number of morpholine rings is 1. The quantitative estimate of drug-likeness (QED) is 0.779. The van der Waals surface area contributed by atoms with Crippen LogP contribution in [0.5, 0.6) is 0 Å². The summed E-state index contributed by atoms with van der Waals surface area (Å²) in [7, 11) is 2.06. The predicted molar refractivity (Wildman–Crippen MR) is 106 cm³/mol. The predicted octanol–water partition coefficient (Wildman–Crippen LogP) is 2.97. The van der Waals surface area contributed by atoms with Crippen molar-refractivity contribution in [3.8, 4) is 0 Å². The van der Waals surface area contributed by atoms with Crippen LogP contribution in [0.25, 0.3) is 0 Å². The smallest absolute Gasteiger partial charge is 0.313 e. The fourth-order valence-electron chi connectivity index (χ4n) is 3.97. The second kappa shape index (κ2) is 8.11. The molecule has 5 nitrogen and oxygen atoms in total. The first-order chi connectivity index (χ1) is 13.2. The van der Waals surface area contributed by atoms with Crippen molar-refractivity contribution >= 4 is 17.3 Å². The Labute approximate surface area is 160 Å². The van der Waals surface area contributed by atoms with Crippen LogP contribution in [0.4, 0.5) is 11.4 Å². The average Bonchev–Trinajstić information content (AvgIpc) is 2.84. The lowest BCUT2D eigenvalue weighted by molar-refractivity contribution is -0.146. The van der Waals surface area contributed by atoms with Gasteiger partial charge in [-0.2, -0.15) is 0 Å². The van der Waals surface area contributed by atoms with E-state index in [1.807, 2.05) is 30.3 Å². The number of rotatable bonds is 4. The van der Waals surface area contributed by atoms with Gasteiger partial charge in [-0.3, -0.25) is 9.69 Å². The lowest BCUT2D eigenvalue weighted by Gasteiger charge is -2.26. The van der Waals surface area contributed by atoms with Crippen molar-refractivity contribution in [2.75, 3.05) is 51.4 Å². The lowest BCUT2D eigenvalue weighted by atomic mass is 9.92. The zero-order chi connectivity index (χ0) is 18.6. The molecule has 2 aliphatic rings. The van der Waals surface area contributed by atoms with Gasteiger partial charge in [-0.25, -0.2) is 0 Å². The Morgan fingerprint density at radius 2 is 1.78 bits per heavy atom. The third-order valence-corrected chi connectivity index (χ3v) is 5.49. The molecular formula is C22H26N2O3. The molecule has 2 aromatic carbocycles. The summed E-state index contributed by atoms with van der Waals surface area (Å²) in [6, 6.07) is 16.4. The van der Waals surface area contributed by atoms with Gasteiger partial charge in [-0.05, 0) is 29.7 Å². The van der Waals surface area contributed by atoms with E-state index in [0.717, 1.165) is 49.8 Å². The van der Waals surface area contributed by atoms with E-state index in [9.17, 15) is 4.79 Å². The molecule has 1 atom stereocenters. The molecule has 4 rings (SSSR count). The monoisotopic (exact) mass is 366 g/mol. The SMILES string of the molecule is CN1c2ccccc2C[C@H](C(=O)OCCN2CCOCC2)c2ccccc21. The number of carbonyl (C=O) groups excluding carboxylic acids is 1. The summed E-state index contributed by atoms with van der Waals surface area (Å²) in [5, 5.41) is 0. The molecule has 0 unspecified atom stereocenters. The van der Waals surface area contributed by atoms with Gasteiger partial charge in [0.15, 0.2) is 0 Å². The largest absolute Gasteiger partial charge is 0.464 e. The zero-order valence-electron chi connectivity index (χ0n) is 15.8. The van der Waals surface area contributed by atoms with Crippen molar-refractivity contribution in [2.45, 2.75) is 12.3 Å². The normalized spacial score (nSPS) is 19.7. The molecule has 0 radical (unpaired) electrons. The summed E-state index contributed by atoms with van der Waals surface area (Å²) in [5.74, 6) is -0.419. The van der Waals surface area contributed by atoms with Gasteiger partial charge in [0.2, 0.25) is 0 Å². The number of hydrogen-bond donors (Lipinski definition) is 0. The Bertz CT molecular complexity index is 802. The molecule has 0 saturated carbocycles. The van der Waals surface area contributed by atoms with Gasteiger partial charge in [-0.15, -0.1) is 0 Å². The number of carbonyl (C=O) groups is 1. The molecule has 2 aromatic rings. The maximum Gasteiger partial charge on any atom is 0.313 e. The molecule has 0 amide bonds. The van der Waals surface area contributed by atoms with Crippen LogP contribution in [0.1, 0.15) is 17.0 Å². The topological polar surface area (TPSA) is 42.0 Å². The number of fused-ring (bicyclic) bond motifs is 2. The molecule has 27 heavy (non-hydrogen) atoms. The summed E-state index contributed by atoms with van der Waals surface area (Å²) in [4.78, 5) is 17.4. The number of anilines is 2. The third kappa shape index (κ3) is 3.84. The molecule has 5 heteroatoms. The molecule has 142 valence electrons.